The largest absolute Gasteiger partial charge is 0.623 e. The molecular weight excluding hydrogens is 286 g/mol. The summed E-state index contributed by atoms with van der Waals surface area (Å²) in [5.74, 6) is 0.0350. The van der Waals surface area contributed by atoms with E-state index in [0.29, 0.717) is 5.57 Å². The second kappa shape index (κ2) is 5.97. The quantitative estimate of drug-likeness (QED) is 0.667. The van der Waals surface area contributed by atoms with Crippen molar-refractivity contribution in [3.05, 3.63) is 63.5 Å². The Morgan fingerprint density at radius 1 is 1.19 bits per heavy atom. The molecule has 1 aromatic rings. The van der Waals surface area contributed by atoms with Gasteiger partial charge in [-0.2, -0.15) is 8.42 Å². The van der Waals surface area contributed by atoms with E-state index in [1.54, 1.807) is 13.0 Å². The Hall–Kier alpha value is -1.69. The first-order valence-electron chi connectivity index (χ1n) is 6.79. The number of hydrogen-bond donors (Lipinski definition) is 1. The lowest BCUT2D eigenvalue weighted by atomic mass is 9.85. The number of allylic oxidation sites excluding steroid dienone is 2. The van der Waals surface area contributed by atoms with Gasteiger partial charge in [0.15, 0.2) is 0 Å². The van der Waals surface area contributed by atoms with Crippen LogP contribution in [0.5, 0.6) is 0 Å². The van der Waals surface area contributed by atoms with Crippen LogP contribution in [0.4, 0.5) is 0 Å². The molecule has 0 bridgehead atoms. The van der Waals surface area contributed by atoms with Gasteiger partial charge < -0.3 is 10.3 Å². The lowest BCUT2D eigenvalue weighted by Gasteiger charge is -2.26. The van der Waals surface area contributed by atoms with Crippen molar-refractivity contribution in [2.45, 2.75) is 33.6 Å². The highest BCUT2D eigenvalue weighted by Crippen LogP contribution is 2.30. The van der Waals surface area contributed by atoms with Gasteiger partial charge in [0.2, 0.25) is 0 Å². The lowest BCUT2D eigenvalue weighted by molar-refractivity contribution is -0.680. The average molecular weight is 305 g/mol. The van der Waals surface area contributed by atoms with E-state index in [1.807, 2.05) is 20.8 Å². The zero-order valence-electron chi connectivity index (χ0n) is 12.6. The van der Waals surface area contributed by atoms with Crippen molar-refractivity contribution < 1.29 is 13.5 Å². The molecular formula is C16H19NO3S. The number of aryl methyl sites for hydroxylation is 2. The smallest absolute Gasteiger partial charge is 0.277 e. The van der Waals surface area contributed by atoms with Crippen molar-refractivity contribution in [3.8, 4) is 0 Å². The van der Waals surface area contributed by atoms with E-state index in [4.69, 9.17) is 0 Å². The molecule has 2 atom stereocenters. The molecule has 1 aromatic carbocycles. The monoisotopic (exact) mass is 305 g/mol. The van der Waals surface area contributed by atoms with Crippen molar-refractivity contribution in [1.29, 1.82) is 0 Å². The van der Waals surface area contributed by atoms with Crippen LogP contribution in [0.1, 0.15) is 36.5 Å². The molecule has 0 fully saturated rings. The van der Waals surface area contributed by atoms with Crippen LogP contribution in [0.25, 0.3) is 0 Å². The Bertz CT molecular complexity index is 765. The molecule has 2 unspecified atom stereocenters. The number of benzene rings is 1. The van der Waals surface area contributed by atoms with E-state index in [9.17, 15) is 13.6 Å². The predicted octanol–water partition coefficient (Wildman–Crippen LogP) is 1.64. The number of quaternary nitrogens is 1. The number of hydrogen-bond acceptors (Lipinski definition) is 3. The van der Waals surface area contributed by atoms with Gasteiger partial charge >= 0.3 is 0 Å². The summed E-state index contributed by atoms with van der Waals surface area (Å²) >= 11 is 0. The van der Waals surface area contributed by atoms with Gasteiger partial charge in [-0.05, 0) is 43.5 Å². The molecule has 1 N–H and O–H groups in total. The maximum atomic E-state index is 11.7. The topological polar surface area (TPSA) is 61.6 Å². The van der Waals surface area contributed by atoms with E-state index in [1.165, 1.54) is 6.20 Å². The van der Waals surface area contributed by atoms with E-state index in [2.05, 4.69) is 18.2 Å². The fourth-order valence-electron chi connectivity index (χ4n) is 2.75. The average Bonchev–Trinajstić information content (AvgIpc) is 2.40. The summed E-state index contributed by atoms with van der Waals surface area (Å²) in [4.78, 5) is -0.121. The summed E-state index contributed by atoms with van der Waals surface area (Å²) < 4.78 is 22.5. The first-order valence-corrected chi connectivity index (χ1v) is 7.87. The third-order valence-electron chi connectivity index (χ3n) is 3.95. The maximum absolute atomic E-state index is 11.7. The molecule has 0 saturated carbocycles. The van der Waals surface area contributed by atoms with Gasteiger partial charge in [-0.25, -0.2) is 0 Å². The number of rotatable bonds is 2. The number of hydroxylamine groups is 2. The molecule has 0 radical (unpaired) electrons. The van der Waals surface area contributed by atoms with E-state index in [0.717, 1.165) is 22.3 Å². The van der Waals surface area contributed by atoms with Crippen LogP contribution in [0, 0.1) is 19.1 Å². The first kappa shape index (κ1) is 15.7. The van der Waals surface area contributed by atoms with Gasteiger partial charge in [0.25, 0.3) is 15.3 Å². The van der Waals surface area contributed by atoms with Gasteiger partial charge in [-0.1, -0.05) is 30.7 Å². The summed E-state index contributed by atoms with van der Waals surface area (Å²) in [7, 11) is -2.51. The Morgan fingerprint density at radius 3 is 2.48 bits per heavy atom. The SMILES string of the molecule is CC1=C(C(C)c2cc(C)ccc2C)C=C[NH+]([O-])C1=S(=O)=O. The molecule has 21 heavy (non-hydrogen) atoms. The zero-order valence-corrected chi connectivity index (χ0v) is 13.4. The van der Waals surface area contributed by atoms with Crippen LogP contribution < -0.4 is 5.06 Å². The van der Waals surface area contributed by atoms with Crippen LogP contribution in [-0.2, 0) is 10.3 Å². The molecule has 4 nitrogen and oxygen atoms in total. The van der Waals surface area contributed by atoms with Crippen LogP contribution in [0.15, 0.2) is 41.6 Å². The summed E-state index contributed by atoms with van der Waals surface area (Å²) in [6.07, 6.45) is 3.08. The Morgan fingerprint density at radius 2 is 1.86 bits per heavy atom. The molecule has 112 valence electrons. The molecule has 5 heteroatoms. The van der Waals surface area contributed by atoms with Crippen LogP contribution >= 0.6 is 0 Å². The molecule has 2 rings (SSSR count). The second-order valence-electron chi connectivity index (χ2n) is 5.42. The minimum absolute atomic E-state index is 0.0350. The lowest BCUT2D eigenvalue weighted by Crippen LogP contribution is -3.06. The normalized spacial score (nSPS) is 19.9. The van der Waals surface area contributed by atoms with Crippen molar-refractivity contribution in [3.63, 3.8) is 0 Å². The standard InChI is InChI=1S/C16H19NO3S/c1-10-5-6-11(2)15(9-10)12(3)14-7-8-17(18)16(13(14)4)21(19)20/h5-9,12,17H,1-4H3. The summed E-state index contributed by atoms with van der Waals surface area (Å²) in [5, 5.41) is 11.3. The van der Waals surface area contributed by atoms with Crippen molar-refractivity contribution in [1.82, 2.24) is 0 Å². The van der Waals surface area contributed by atoms with Gasteiger partial charge in [0, 0.05) is 11.5 Å². The van der Waals surface area contributed by atoms with Crippen molar-refractivity contribution >= 4 is 15.3 Å². The van der Waals surface area contributed by atoms with E-state index < -0.39 is 15.4 Å². The third-order valence-corrected chi connectivity index (χ3v) is 4.79. The van der Waals surface area contributed by atoms with Crippen LogP contribution in [0.3, 0.4) is 0 Å². The molecule has 1 aliphatic rings. The predicted molar refractivity (Wildman–Crippen MR) is 84.4 cm³/mol. The second-order valence-corrected chi connectivity index (χ2v) is 6.30. The van der Waals surface area contributed by atoms with Gasteiger partial charge in [-0.15, -0.1) is 0 Å². The van der Waals surface area contributed by atoms with Gasteiger partial charge in [-0.3, -0.25) is 0 Å². The summed E-state index contributed by atoms with van der Waals surface area (Å²) in [6, 6.07) is 6.22. The van der Waals surface area contributed by atoms with Crippen molar-refractivity contribution in [2.24, 2.45) is 0 Å². The van der Waals surface area contributed by atoms with Gasteiger partial charge in [0.1, 0.15) is 6.20 Å². The fourth-order valence-corrected chi connectivity index (χ4v) is 3.35. The van der Waals surface area contributed by atoms with Gasteiger partial charge in [0.05, 0.1) is 0 Å². The van der Waals surface area contributed by atoms with E-state index in [-0.39, 0.29) is 10.9 Å². The zero-order chi connectivity index (χ0) is 15.7. The molecule has 0 aromatic heterocycles. The Balaban J connectivity index is 2.58. The Kier molecular flexibility index (Phi) is 4.46. The molecule has 0 amide bonds. The number of nitrogens with one attached hydrogen (secondary N) is 1. The highest BCUT2D eigenvalue weighted by molar-refractivity contribution is 7.72. The van der Waals surface area contributed by atoms with Crippen LogP contribution in [-0.4, -0.2) is 13.4 Å². The minimum atomic E-state index is -2.51. The summed E-state index contributed by atoms with van der Waals surface area (Å²) in [5.41, 5.74) is 4.89. The first-order chi connectivity index (χ1) is 9.82. The highest BCUT2D eigenvalue weighted by Gasteiger charge is 2.24. The fraction of sp³-hybridized carbons (Fsp3) is 0.312. The molecule has 0 spiro atoms. The molecule has 1 aliphatic heterocycles. The molecule has 1 heterocycles. The summed E-state index contributed by atoms with van der Waals surface area (Å²) in [6.45, 7) is 7.80. The molecule has 0 aliphatic carbocycles. The van der Waals surface area contributed by atoms with Crippen molar-refractivity contribution in [2.75, 3.05) is 0 Å². The molecule has 0 saturated heterocycles. The minimum Gasteiger partial charge on any atom is -0.623 e. The maximum Gasteiger partial charge on any atom is 0.277 e. The Labute approximate surface area is 126 Å². The van der Waals surface area contributed by atoms with E-state index >= 15 is 0 Å². The highest BCUT2D eigenvalue weighted by atomic mass is 32.2. The third kappa shape index (κ3) is 3.00. The van der Waals surface area contributed by atoms with Crippen LogP contribution in [0.2, 0.25) is 0 Å².